The number of nitrogens with one attached hydrogen (secondary N) is 1. The van der Waals surface area contributed by atoms with E-state index >= 15 is 0 Å². The Morgan fingerprint density at radius 3 is 2.00 bits per heavy atom. The van der Waals surface area contributed by atoms with Crippen LogP contribution in [0, 0.1) is 5.92 Å². The van der Waals surface area contributed by atoms with Crippen LogP contribution in [0.3, 0.4) is 0 Å². The number of amides is 2. The van der Waals surface area contributed by atoms with Crippen LogP contribution in [0.25, 0.3) is 0 Å². The first-order chi connectivity index (χ1) is 18.3. The van der Waals surface area contributed by atoms with Crippen molar-refractivity contribution in [2.45, 2.75) is 52.3 Å². The van der Waals surface area contributed by atoms with Crippen molar-refractivity contribution in [2.24, 2.45) is 5.92 Å². The van der Waals surface area contributed by atoms with E-state index in [1.807, 2.05) is 6.92 Å². The molecule has 0 saturated carbocycles. The average Bonchev–Trinajstić information content (AvgIpc) is 2.88. The quantitative estimate of drug-likeness (QED) is 0.280. The normalized spacial score (nSPS) is 17.5. The zero-order valence-corrected chi connectivity index (χ0v) is 23.7. The molecule has 11 heteroatoms. The minimum absolute atomic E-state index is 0.0983. The number of hydrogen-bond donors (Lipinski definition) is 1. The molecule has 1 aliphatic rings. The molecular formula is C28H36N2O9. The van der Waals surface area contributed by atoms with Gasteiger partial charge in [0.15, 0.2) is 23.0 Å². The number of rotatable bonds is 9. The van der Waals surface area contributed by atoms with Crippen LogP contribution in [0.2, 0.25) is 0 Å². The van der Waals surface area contributed by atoms with E-state index in [9.17, 15) is 14.4 Å². The molecule has 1 aliphatic heterocycles. The van der Waals surface area contributed by atoms with Crippen LogP contribution in [-0.2, 0) is 14.3 Å². The summed E-state index contributed by atoms with van der Waals surface area (Å²) in [4.78, 5) is 39.5. The van der Waals surface area contributed by atoms with Gasteiger partial charge in [0.05, 0.1) is 46.1 Å². The fourth-order valence-corrected chi connectivity index (χ4v) is 4.26. The Morgan fingerprint density at radius 2 is 1.49 bits per heavy atom. The Hall–Kier alpha value is -4.15. The number of methoxy groups -OCH3 is 4. The number of hydrogen-bond acceptors (Lipinski definition) is 9. The third-order valence-corrected chi connectivity index (χ3v) is 6.13. The van der Waals surface area contributed by atoms with E-state index in [4.69, 9.17) is 28.4 Å². The van der Waals surface area contributed by atoms with Crippen molar-refractivity contribution in [1.82, 2.24) is 5.32 Å². The SMILES string of the molecule is COc1ccc([C@H]2C(C)C(=O)N2c2cc(OC)c(OC)c(OC)c2)cc1OC(=O)[C@H](C)NC(=O)OC(C)(C)C. The summed E-state index contributed by atoms with van der Waals surface area (Å²) < 4.78 is 32.5. The van der Waals surface area contributed by atoms with Crippen LogP contribution in [0.15, 0.2) is 30.3 Å². The van der Waals surface area contributed by atoms with Gasteiger partial charge in [0, 0.05) is 12.1 Å². The van der Waals surface area contributed by atoms with Crippen LogP contribution in [0.4, 0.5) is 10.5 Å². The van der Waals surface area contributed by atoms with Crippen molar-refractivity contribution in [1.29, 1.82) is 0 Å². The number of carbonyl (C=O) groups excluding carboxylic acids is 3. The number of β-lactam (4-membered cyclic amide) rings is 1. The van der Waals surface area contributed by atoms with Crippen LogP contribution >= 0.6 is 0 Å². The highest BCUT2D eigenvalue weighted by atomic mass is 16.6. The Morgan fingerprint density at radius 1 is 0.897 bits per heavy atom. The summed E-state index contributed by atoms with van der Waals surface area (Å²) in [6, 6.07) is 7.15. The Bertz CT molecular complexity index is 1210. The van der Waals surface area contributed by atoms with Crippen LogP contribution in [-0.4, -0.2) is 58.1 Å². The molecule has 0 aliphatic carbocycles. The summed E-state index contributed by atoms with van der Waals surface area (Å²) in [6.07, 6.45) is -0.740. The molecule has 2 aromatic carbocycles. The molecule has 2 aromatic rings. The third kappa shape index (κ3) is 6.30. The van der Waals surface area contributed by atoms with Crippen molar-refractivity contribution in [3.63, 3.8) is 0 Å². The number of nitrogens with zero attached hydrogens (tertiary/aromatic N) is 1. The van der Waals surface area contributed by atoms with E-state index in [1.165, 1.54) is 35.4 Å². The fourth-order valence-electron chi connectivity index (χ4n) is 4.26. The van der Waals surface area contributed by atoms with E-state index < -0.39 is 23.7 Å². The number of esters is 1. The van der Waals surface area contributed by atoms with Crippen molar-refractivity contribution >= 4 is 23.7 Å². The summed E-state index contributed by atoms with van der Waals surface area (Å²) >= 11 is 0. The van der Waals surface area contributed by atoms with E-state index in [1.54, 1.807) is 56.0 Å². The monoisotopic (exact) mass is 544 g/mol. The Labute approximate surface area is 228 Å². The first kappa shape index (κ1) is 29.4. The molecule has 0 aromatic heterocycles. The summed E-state index contributed by atoms with van der Waals surface area (Å²) in [5.41, 5.74) is 0.556. The number of alkyl carbamates (subject to hydrolysis) is 1. The molecule has 39 heavy (non-hydrogen) atoms. The van der Waals surface area contributed by atoms with E-state index in [0.29, 0.717) is 34.2 Å². The maximum Gasteiger partial charge on any atom is 0.408 e. The number of anilines is 1. The molecular weight excluding hydrogens is 508 g/mol. The number of carbonyl (C=O) groups is 3. The molecule has 1 N–H and O–H groups in total. The second-order valence-electron chi connectivity index (χ2n) is 10.0. The summed E-state index contributed by atoms with van der Waals surface area (Å²) in [6.45, 7) is 8.48. The van der Waals surface area contributed by atoms with Gasteiger partial charge in [0.2, 0.25) is 11.7 Å². The number of benzene rings is 2. The largest absolute Gasteiger partial charge is 0.493 e. The molecule has 1 fully saturated rings. The van der Waals surface area contributed by atoms with Gasteiger partial charge in [-0.15, -0.1) is 0 Å². The van der Waals surface area contributed by atoms with E-state index in [0.717, 1.165) is 0 Å². The molecule has 0 bridgehead atoms. The smallest absolute Gasteiger partial charge is 0.408 e. The second-order valence-corrected chi connectivity index (χ2v) is 10.0. The van der Waals surface area contributed by atoms with E-state index in [2.05, 4.69) is 5.32 Å². The first-order valence-electron chi connectivity index (χ1n) is 12.4. The summed E-state index contributed by atoms with van der Waals surface area (Å²) in [5, 5.41) is 2.46. The lowest BCUT2D eigenvalue weighted by Crippen LogP contribution is -2.54. The van der Waals surface area contributed by atoms with Crippen molar-refractivity contribution in [3.8, 4) is 28.7 Å². The second kappa shape index (κ2) is 11.7. The molecule has 1 heterocycles. The van der Waals surface area contributed by atoms with Crippen molar-refractivity contribution in [2.75, 3.05) is 33.3 Å². The van der Waals surface area contributed by atoms with Crippen LogP contribution in [0.5, 0.6) is 28.7 Å². The van der Waals surface area contributed by atoms with Gasteiger partial charge < -0.3 is 38.6 Å². The molecule has 0 radical (unpaired) electrons. The molecule has 3 rings (SSSR count). The van der Waals surface area contributed by atoms with Gasteiger partial charge in [-0.1, -0.05) is 13.0 Å². The first-order valence-corrected chi connectivity index (χ1v) is 12.4. The standard InChI is InChI=1S/C28H36N2O9/c1-15-23(30(25(15)31)18-13-21(35-7)24(37-9)22(14-18)36-8)17-10-11-19(34-6)20(12-17)38-26(32)16(2)29-27(33)39-28(3,4)5/h10-16,23H,1-9H3,(H,29,33)/t15?,16-,23+/m0/s1. The zero-order chi connectivity index (χ0) is 29.1. The minimum atomic E-state index is -0.992. The highest BCUT2D eigenvalue weighted by Gasteiger charge is 2.46. The topological polar surface area (TPSA) is 122 Å². The van der Waals surface area contributed by atoms with Gasteiger partial charge in [0.1, 0.15) is 11.6 Å². The molecule has 11 nitrogen and oxygen atoms in total. The van der Waals surface area contributed by atoms with E-state index in [-0.39, 0.29) is 23.6 Å². The third-order valence-electron chi connectivity index (χ3n) is 6.13. The summed E-state index contributed by atoms with van der Waals surface area (Å²) in [5.74, 6) is 0.531. The van der Waals surface area contributed by atoms with Gasteiger partial charge in [-0.3, -0.25) is 4.79 Å². The molecule has 0 spiro atoms. The minimum Gasteiger partial charge on any atom is -0.493 e. The highest BCUT2D eigenvalue weighted by Crippen LogP contribution is 2.49. The zero-order valence-electron chi connectivity index (χ0n) is 23.7. The predicted molar refractivity (Wildman–Crippen MR) is 143 cm³/mol. The average molecular weight is 545 g/mol. The number of ether oxygens (including phenoxy) is 6. The van der Waals surface area contributed by atoms with Gasteiger partial charge >= 0.3 is 12.1 Å². The highest BCUT2D eigenvalue weighted by molar-refractivity contribution is 6.03. The van der Waals surface area contributed by atoms with Crippen molar-refractivity contribution < 1.29 is 42.8 Å². The lowest BCUT2D eigenvalue weighted by atomic mass is 9.83. The van der Waals surface area contributed by atoms with Gasteiger partial charge in [-0.2, -0.15) is 0 Å². The summed E-state index contributed by atoms with van der Waals surface area (Å²) in [7, 11) is 5.96. The maximum absolute atomic E-state index is 13.0. The molecule has 1 saturated heterocycles. The molecule has 3 atom stereocenters. The van der Waals surface area contributed by atoms with Crippen molar-refractivity contribution in [3.05, 3.63) is 35.9 Å². The lowest BCUT2D eigenvalue weighted by molar-refractivity contribution is -0.136. The predicted octanol–water partition coefficient (Wildman–Crippen LogP) is 4.26. The Kier molecular flexibility index (Phi) is 8.83. The molecule has 2 amide bonds. The van der Waals surface area contributed by atoms with Gasteiger partial charge in [0.25, 0.3) is 0 Å². The van der Waals surface area contributed by atoms with Gasteiger partial charge in [-0.25, -0.2) is 9.59 Å². The van der Waals surface area contributed by atoms with Gasteiger partial charge in [-0.05, 0) is 45.4 Å². The maximum atomic E-state index is 13.0. The fraction of sp³-hybridized carbons (Fsp3) is 0.464. The molecule has 212 valence electrons. The lowest BCUT2D eigenvalue weighted by Gasteiger charge is -2.46. The Balaban J connectivity index is 1.90. The molecule has 1 unspecified atom stereocenters. The van der Waals surface area contributed by atoms with Crippen LogP contribution < -0.4 is 33.9 Å². The van der Waals surface area contributed by atoms with Crippen LogP contribution in [0.1, 0.15) is 46.2 Å².